The smallest absolute Gasteiger partial charge is 0.414 e. The molecule has 4 aromatic carbocycles. The number of benzene rings is 4. The molecule has 0 saturated heterocycles. The van der Waals surface area contributed by atoms with Crippen molar-refractivity contribution in [1.29, 1.82) is 0 Å². The fraction of sp³-hybridized carbons (Fsp3) is 0.237. The average molecular weight is 676 g/mol. The summed E-state index contributed by atoms with van der Waals surface area (Å²) in [6, 6.07) is 22.0. The van der Waals surface area contributed by atoms with Crippen molar-refractivity contribution in [3.05, 3.63) is 95.3 Å². The Hall–Kier alpha value is -5.48. The number of aromatic amines is 2. The topological polar surface area (TPSA) is 131 Å². The second-order valence-electron chi connectivity index (χ2n) is 13.7. The number of hydrogen-bond donors (Lipinski definition) is 4. The second-order valence-corrected chi connectivity index (χ2v) is 14.0. The van der Waals surface area contributed by atoms with Crippen LogP contribution in [0.4, 0.5) is 21.9 Å². The molecule has 3 amide bonds. The Bertz CT molecular complexity index is 2350. The standard InChI is InChI=1S/C38H34ClN5O5/c1-38(2,3)49-37(48)43-13-12-23-26-16-29(42-28(26)10-11-31(23)43)35(46)40-22-8-9-27-20(14-22)15-30(41-27)36(47)44-19-21(18-39)34-25-7-5-4-6-24(25)33(45)17-32(34)44/h4-11,14-17,21,41-42,45H,12-13,18-19H2,1-3H3,(H,40,46)/t21-/m1/s1. The van der Waals surface area contributed by atoms with Crippen molar-refractivity contribution >= 4 is 79.1 Å². The number of carbonyl (C=O) groups excluding carboxylic acids is 3. The molecule has 10 nitrogen and oxygen atoms in total. The molecule has 248 valence electrons. The maximum Gasteiger partial charge on any atom is 0.414 e. The molecule has 6 aromatic rings. The first kappa shape index (κ1) is 30.8. The van der Waals surface area contributed by atoms with Gasteiger partial charge in [0, 0.05) is 63.8 Å². The first-order chi connectivity index (χ1) is 23.5. The summed E-state index contributed by atoms with van der Waals surface area (Å²) < 4.78 is 5.59. The van der Waals surface area contributed by atoms with Crippen LogP contribution in [-0.4, -0.2) is 57.6 Å². The molecule has 0 bridgehead atoms. The van der Waals surface area contributed by atoms with Gasteiger partial charge in [0.25, 0.3) is 11.8 Å². The lowest BCUT2D eigenvalue weighted by atomic mass is 9.95. The minimum atomic E-state index is -0.599. The predicted molar refractivity (Wildman–Crippen MR) is 193 cm³/mol. The Morgan fingerprint density at radius 1 is 0.898 bits per heavy atom. The number of aromatic nitrogens is 2. The Morgan fingerprint density at radius 3 is 2.43 bits per heavy atom. The van der Waals surface area contributed by atoms with Gasteiger partial charge in [-0.05, 0) is 86.2 Å². The molecule has 0 fully saturated rings. The summed E-state index contributed by atoms with van der Waals surface area (Å²) >= 11 is 6.38. The van der Waals surface area contributed by atoms with Crippen LogP contribution < -0.4 is 15.1 Å². The number of anilines is 3. The molecule has 8 rings (SSSR count). The molecule has 0 spiro atoms. The van der Waals surface area contributed by atoms with Crippen LogP contribution in [0.5, 0.6) is 5.75 Å². The number of fused-ring (bicyclic) bond motifs is 7. The van der Waals surface area contributed by atoms with E-state index < -0.39 is 5.60 Å². The largest absolute Gasteiger partial charge is 0.507 e. The molecule has 11 heteroatoms. The van der Waals surface area contributed by atoms with Crippen molar-refractivity contribution in [2.24, 2.45) is 0 Å². The number of phenolic OH excluding ortho intramolecular Hbond substituents is 1. The fourth-order valence-corrected chi connectivity index (χ4v) is 7.41. The molecule has 0 radical (unpaired) electrons. The van der Waals surface area contributed by atoms with Crippen molar-refractivity contribution in [1.82, 2.24) is 9.97 Å². The molecule has 0 aliphatic carbocycles. The van der Waals surface area contributed by atoms with E-state index in [1.54, 1.807) is 28.0 Å². The SMILES string of the molecule is CC(C)(C)OC(=O)N1CCc2c1ccc1[nH]c(C(=O)Nc3ccc4[nH]c(C(=O)N5C[C@@H](CCl)c6c5cc(O)c5ccccc65)cc4c3)cc21. The zero-order chi connectivity index (χ0) is 34.2. The minimum absolute atomic E-state index is 0.0769. The molecule has 1 atom stereocenters. The van der Waals surface area contributed by atoms with Crippen LogP contribution in [0.3, 0.4) is 0 Å². The number of hydrogen-bond acceptors (Lipinski definition) is 5. The van der Waals surface area contributed by atoms with E-state index in [-0.39, 0.29) is 29.6 Å². The molecule has 2 aliphatic heterocycles. The van der Waals surface area contributed by atoms with Crippen molar-refractivity contribution in [2.75, 3.05) is 34.1 Å². The summed E-state index contributed by atoms with van der Waals surface area (Å²) in [6.07, 6.45) is 0.269. The number of phenols is 1. The number of carbonyl (C=O) groups is 3. The maximum atomic E-state index is 13.9. The van der Waals surface area contributed by atoms with Crippen LogP contribution in [0.15, 0.2) is 72.8 Å². The Morgan fingerprint density at radius 2 is 1.65 bits per heavy atom. The highest BCUT2D eigenvalue weighted by Gasteiger charge is 2.35. The fourth-order valence-electron chi connectivity index (χ4n) is 7.16. The van der Waals surface area contributed by atoms with Crippen LogP contribution in [0.1, 0.15) is 58.8 Å². The predicted octanol–water partition coefficient (Wildman–Crippen LogP) is 8.04. The average Bonchev–Trinajstić information content (AvgIpc) is 3.86. The molecule has 2 aliphatic rings. The molecule has 49 heavy (non-hydrogen) atoms. The van der Waals surface area contributed by atoms with E-state index in [2.05, 4.69) is 15.3 Å². The summed E-state index contributed by atoms with van der Waals surface area (Å²) in [4.78, 5) is 49.8. The number of halogens is 1. The van der Waals surface area contributed by atoms with E-state index in [9.17, 15) is 19.5 Å². The lowest BCUT2D eigenvalue weighted by Crippen LogP contribution is -2.35. The monoisotopic (exact) mass is 675 g/mol. The van der Waals surface area contributed by atoms with Crippen LogP contribution in [-0.2, 0) is 11.2 Å². The van der Waals surface area contributed by atoms with Crippen LogP contribution in [0, 0.1) is 0 Å². The number of rotatable bonds is 4. The van der Waals surface area contributed by atoms with Gasteiger partial charge in [-0.2, -0.15) is 0 Å². The van der Waals surface area contributed by atoms with Crippen LogP contribution in [0.25, 0.3) is 32.6 Å². The van der Waals surface area contributed by atoms with Gasteiger partial charge in [-0.1, -0.05) is 24.3 Å². The zero-order valence-electron chi connectivity index (χ0n) is 27.2. The highest BCUT2D eigenvalue weighted by molar-refractivity contribution is 6.19. The number of nitrogens with zero attached hydrogens (tertiary/aromatic N) is 2. The maximum absolute atomic E-state index is 13.9. The van der Waals surface area contributed by atoms with E-state index in [1.165, 1.54) is 0 Å². The summed E-state index contributed by atoms with van der Waals surface area (Å²) in [6.45, 7) is 6.43. The summed E-state index contributed by atoms with van der Waals surface area (Å²) in [5, 5.41) is 17.0. The Labute approximate surface area is 286 Å². The van der Waals surface area contributed by atoms with Crippen molar-refractivity contribution in [3.63, 3.8) is 0 Å². The van der Waals surface area contributed by atoms with E-state index in [4.69, 9.17) is 16.3 Å². The van der Waals surface area contributed by atoms with E-state index >= 15 is 0 Å². The zero-order valence-corrected chi connectivity index (χ0v) is 27.9. The van der Waals surface area contributed by atoms with Crippen molar-refractivity contribution < 1.29 is 24.2 Å². The van der Waals surface area contributed by atoms with Crippen molar-refractivity contribution in [3.8, 4) is 5.75 Å². The normalized spacial score (nSPS) is 15.6. The van der Waals surface area contributed by atoms with Crippen LogP contribution in [0.2, 0.25) is 0 Å². The third-order valence-electron chi connectivity index (χ3n) is 9.31. The second kappa shape index (κ2) is 11.3. The molecule has 0 unspecified atom stereocenters. The van der Waals surface area contributed by atoms with Gasteiger partial charge in [0.2, 0.25) is 0 Å². The highest BCUT2D eigenvalue weighted by atomic mass is 35.5. The number of alkyl halides is 1. The van der Waals surface area contributed by atoms with Crippen LogP contribution >= 0.6 is 11.6 Å². The summed E-state index contributed by atoms with van der Waals surface area (Å²) in [7, 11) is 0. The van der Waals surface area contributed by atoms with E-state index in [0.29, 0.717) is 48.2 Å². The molecule has 0 saturated carbocycles. The van der Waals surface area contributed by atoms with Gasteiger partial charge >= 0.3 is 6.09 Å². The first-order valence-electron chi connectivity index (χ1n) is 16.2. The Kier molecular flexibility index (Phi) is 7.11. The number of nitrogens with one attached hydrogen (secondary N) is 3. The molecular weight excluding hydrogens is 642 g/mol. The van der Waals surface area contributed by atoms with Crippen molar-refractivity contribution in [2.45, 2.75) is 38.7 Å². The molecule has 4 heterocycles. The van der Waals surface area contributed by atoms with E-state index in [1.807, 2.05) is 75.4 Å². The summed E-state index contributed by atoms with van der Waals surface area (Å²) in [5.41, 5.74) is 5.69. The van der Waals surface area contributed by atoms with Gasteiger partial charge in [0.1, 0.15) is 22.7 Å². The lowest BCUT2D eigenvalue weighted by Gasteiger charge is -2.24. The third kappa shape index (κ3) is 5.23. The third-order valence-corrected chi connectivity index (χ3v) is 9.68. The highest BCUT2D eigenvalue weighted by Crippen LogP contribution is 2.45. The van der Waals surface area contributed by atoms with Gasteiger partial charge in [-0.25, -0.2) is 4.79 Å². The molecule has 2 aromatic heterocycles. The Balaban J connectivity index is 1.03. The molecule has 4 N–H and O–H groups in total. The van der Waals surface area contributed by atoms with Gasteiger partial charge < -0.3 is 30.0 Å². The lowest BCUT2D eigenvalue weighted by molar-refractivity contribution is 0.0583. The van der Waals surface area contributed by atoms with E-state index in [0.717, 1.165) is 49.4 Å². The first-order valence-corrected chi connectivity index (χ1v) is 16.7. The van der Waals surface area contributed by atoms with Gasteiger partial charge in [0.05, 0.1) is 11.4 Å². The van der Waals surface area contributed by atoms with Gasteiger partial charge in [-0.3, -0.25) is 14.5 Å². The van der Waals surface area contributed by atoms with Gasteiger partial charge in [-0.15, -0.1) is 11.6 Å². The van der Waals surface area contributed by atoms with Gasteiger partial charge in [0.15, 0.2) is 0 Å². The molecular formula is C38H34ClN5O5. The minimum Gasteiger partial charge on any atom is -0.507 e. The number of amides is 3. The summed E-state index contributed by atoms with van der Waals surface area (Å²) in [5.74, 6) is -0.175. The number of ether oxygens (including phenoxy) is 1. The number of aromatic hydroxyl groups is 1. The quantitative estimate of drug-likeness (QED) is 0.141. The number of H-pyrrole nitrogens is 2.